The van der Waals surface area contributed by atoms with Crippen LogP contribution in [0.15, 0.2) is 0 Å². The predicted molar refractivity (Wildman–Crippen MR) is 59.8 cm³/mol. The maximum absolute atomic E-state index is 7.44. The lowest BCUT2D eigenvalue weighted by atomic mass is 9.84. The fourth-order valence-corrected chi connectivity index (χ4v) is 2.69. The van der Waals surface area contributed by atoms with Crippen LogP contribution in [-0.2, 0) is 4.74 Å². The Balaban J connectivity index is 1.88. The largest absolute Gasteiger partial charge is 0.374 e. The number of nitrogens with one attached hydrogen (secondary N) is 1. The van der Waals surface area contributed by atoms with Crippen LogP contribution in [0.5, 0.6) is 0 Å². The van der Waals surface area contributed by atoms with E-state index in [9.17, 15) is 0 Å². The number of nitrogens with two attached hydrogens (primary N) is 1. The van der Waals surface area contributed by atoms with Crippen LogP contribution < -0.4 is 5.73 Å². The molecule has 0 aromatic rings. The zero-order valence-electron chi connectivity index (χ0n) is 9.24. The SMILES string of the molecule is N=C(N)N1CCOC(C2CCCCC2)C1. The minimum absolute atomic E-state index is 0.194. The van der Waals surface area contributed by atoms with Crippen LogP contribution in [0.1, 0.15) is 32.1 Å². The van der Waals surface area contributed by atoms with E-state index in [1.807, 2.05) is 4.90 Å². The molecule has 4 heteroatoms. The van der Waals surface area contributed by atoms with Crippen molar-refractivity contribution in [2.24, 2.45) is 11.7 Å². The van der Waals surface area contributed by atoms with Crippen LogP contribution in [0, 0.1) is 11.3 Å². The van der Waals surface area contributed by atoms with Crippen LogP contribution in [0.2, 0.25) is 0 Å². The van der Waals surface area contributed by atoms with Crippen molar-refractivity contribution in [2.75, 3.05) is 19.7 Å². The Hall–Kier alpha value is -0.770. The highest BCUT2D eigenvalue weighted by molar-refractivity contribution is 5.74. The smallest absolute Gasteiger partial charge is 0.188 e. The van der Waals surface area contributed by atoms with Gasteiger partial charge >= 0.3 is 0 Å². The second-order valence-electron chi connectivity index (χ2n) is 4.64. The maximum Gasteiger partial charge on any atom is 0.188 e. The molecule has 86 valence electrons. The van der Waals surface area contributed by atoms with Gasteiger partial charge in [-0.05, 0) is 18.8 Å². The van der Waals surface area contributed by atoms with Gasteiger partial charge in [0.05, 0.1) is 12.7 Å². The van der Waals surface area contributed by atoms with Crippen molar-refractivity contribution in [3.05, 3.63) is 0 Å². The van der Waals surface area contributed by atoms with E-state index in [-0.39, 0.29) is 5.96 Å². The molecule has 15 heavy (non-hydrogen) atoms. The lowest BCUT2D eigenvalue weighted by molar-refractivity contribution is -0.0471. The Bertz CT molecular complexity index is 226. The molecule has 0 aromatic carbocycles. The number of hydrogen-bond donors (Lipinski definition) is 2. The Morgan fingerprint density at radius 3 is 2.67 bits per heavy atom. The Labute approximate surface area is 91.3 Å². The molecule has 1 saturated heterocycles. The number of nitrogens with zero attached hydrogens (tertiary/aromatic N) is 1. The van der Waals surface area contributed by atoms with Crippen LogP contribution in [-0.4, -0.2) is 36.7 Å². The first kappa shape index (κ1) is 10.7. The molecule has 1 unspecified atom stereocenters. The quantitative estimate of drug-likeness (QED) is 0.505. The van der Waals surface area contributed by atoms with E-state index < -0.39 is 0 Å². The van der Waals surface area contributed by atoms with Gasteiger partial charge < -0.3 is 15.4 Å². The number of guanidine groups is 1. The van der Waals surface area contributed by atoms with E-state index in [0.29, 0.717) is 12.0 Å². The van der Waals surface area contributed by atoms with Gasteiger partial charge in [0.1, 0.15) is 0 Å². The molecule has 1 aliphatic heterocycles. The fourth-order valence-electron chi connectivity index (χ4n) is 2.69. The summed E-state index contributed by atoms with van der Waals surface area (Å²) in [5.74, 6) is 0.889. The summed E-state index contributed by atoms with van der Waals surface area (Å²) in [6, 6.07) is 0. The van der Waals surface area contributed by atoms with Gasteiger partial charge in [-0.15, -0.1) is 0 Å². The summed E-state index contributed by atoms with van der Waals surface area (Å²) in [5.41, 5.74) is 5.51. The first-order valence-electron chi connectivity index (χ1n) is 5.98. The minimum atomic E-state index is 0.194. The molecule has 4 nitrogen and oxygen atoms in total. The third-order valence-electron chi connectivity index (χ3n) is 3.61. The molecule has 1 atom stereocenters. The first-order chi connectivity index (χ1) is 7.27. The predicted octanol–water partition coefficient (Wildman–Crippen LogP) is 1.16. The van der Waals surface area contributed by atoms with E-state index >= 15 is 0 Å². The van der Waals surface area contributed by atoms with E-state index in [0.717, 1.165) is 19.7 Å². The van der Waals surface area contributed by atoms with Crippen LogP contribution >= 0.6 is 0 Å². The molecular weight excluding hydrogens is 190 g/mol. The zero-order chi connectivity index (χ0) is 10.7. The summed E-state index contributed by atoms with van der Waals surface area (Å²) in [6.07, 6.45) is 6.93. The van der Waals surface area contributed by atoms with E-state index in [4.69, 9.17) is 15.9 Å². The molecule has 0 aromatic heterocycles. The van der Waals surface area contributed by atoms with E-state index in [2.05, 4.69) is 0 Å². The zero-order valence-corrected chi connectivity index (χ0v) is 9.24. The number of morpholine rings is 1. The van der Waals surface area contributed by atoms with Gasteiger partial charge in [-0.25, -0.2) is 0 Å². The molecular formula is C11H21N3O. The Kier molecular flexibility index (Phi) is 3.46. The lowest BCUT2D eigenvalue weighted by Crippen LogP contribution is -2.50. The van der Waals surface area contributed by atoms with Crippen molar-refractivity contribution in [3.8, 4) is 0 Å². The summed E-state index contributed by atoms with van der Waals surface area (Å²) in [5, 5.41) is 7.44. The number of ether oxygens (including phenoxy) is 1. The number of hydrogen-bond acceptors (Lipinski definition) is 2. The molecule has 0 spiro atoms. The molecule has 3 N–H and O–H groups in total. The maximum atomic E-state index is 7.44. The topological polar surface area (TPSA) is 62.3 Å². The van der Waals surface area contributed by atoms with Gasteiger partial charge in [0.15, 0.2) is 5.96 Å². The third-order valence-corrected chi connectivity index (χ3v) is 3.61. The average molecular weight is 211 g/mol. The van der Waals surface area contributed by atoms with Crippen molar-refractivity contribution in [3.63, 3.8) is 0 Å². The molecule has 1 saturated carbocycles. The van der Waals surface area contributed by atoms with Gasteiger partial charge in [0.25, 0.3) is 0 Å². The van der Waals surface area contributed by atoms with Crippen molar-refractivity contribution >= 4 is 5.96 Å². The molecule has 0 amide bonds. The molecule has 0 bridgehead atoms. The van der Waals surface area contributed by atoms with Gasteiger partial charge in [-0.2, -0.15) is 0 Å². The van der Waals surface area contributed by atoms with Crippen molar-refractivity contribution in [1.82, 2.24) is 4.90 Å². The van der Waals surface area contributed by atoms with Crippen LogP contribution in [0.4, 0.5) is 0 Å². The van der Waals surface area contributed by atoms with Gasteiger partial charge in [0, 0.05) is 13.1 Å². The van der Waals surface area contributed by atoms with Crippen molar-refractivity contribution < 1.29 is 4.74 Å². The average Bonchev–Trinajstić information content (AvgIpc) is 2.30. The highest BCUT2D eigenvalue weighted by atomic mass is 16.5. The Morgan fingerprint density at radius 1 is 1.27 bits per heavy atom. The van der Waals surface area contributed by atoms with Crippen molar-refractivity contribution in [1.29, 1.82) is 5.41 Å². The normalized spacial score (nSPS) is 29.1. The summed E-state index contributed by atoms with van der Waals surface area (Å²) in [6.45, 7) is 2.32. The summed E-state index contributed by atoms with van der Waals surface area (Å²) < 4.78 is 5.80. The van der Waals surface area contributed by atoms with E-state index in [1.54, 1.807) is 0 Å². The first-order valence-corrected chi connectivity index (χ1v) is 5.98. The van der Waals surface area contributed by atoms with Crippen LogP contribution in [0.3, 0.4) is 0 Å². The second-order valence-corrected chi connectivity index (χ2v) is 4.64. The molecule has 2 aliphatic rings. The summed E-state index contributed by atoms with van der Waals surface area (Å²) in [7, 11) is 0. The third kappa shape index (κ3) is 2.62. The van der Waals surface area contributed by atoms with Gasteiger partial charge in [-0.1, -0.05) is 19.3 Å². The molecule has 2 rings (SSSR count). The summed E-state index contributed by atoms with van der Waals surface area (Å²) >= 11 is 0. The second kappa shape index (κ2) is 4.84. The molecule has 1 aliphatic carbocycles. The van der Waals surface area contributed by atoms with Crippen molar-refractivity contribution in [2.45, 2.75) is 38.2 Å². The molecule has 1 heterocycles. The highest BCUT2D eigenvalue weighted by Gasteiger charge is 2.29. The lowest BCUT2D eigenvalue weighted by Gasteiger charge is -2.38. The monoisotopic (exact) mass is 211 g/mol. The van der Waals surface area contributed by atoms with E-state index in [1.165, 1.54) is 32.1 Å². The van der Waals surface area contributed by atoms with Crippen LogP contribution in [0.25, 0.3) is 0 Å². The summed E-state index contributed by atoms with van der Waals surface area (Å²) in [4.78, 5) is 1.93. The highest BCUT2D eigenvalue weighted by Crippen LogP contribution is 2.29. The Morgan fingerprint density at radius 2 is 2.00 bits per heavy atom. The van der Waals surface area contributed by atoms with Gasteiger partial charge in [-0.3, -0.25) is 5.41 Å². The fraction of sp³-hybridized carbons (Fsp3) is 0.909. The molecule has 2 fully saturated rings. The minimum Gasteiger partial charge on any atom is -0.374 e. The molecule has 0 radical (unpaired) electrons. The standard InChI is InChI=1S/C11H21N3O/c12-11(13)14-6-7-15-10(8-14)9-4-2-1-3-5-9/h9-10H,1-8H2,(H3,12,13). The number of rotatable bonds is 1. The van der Waals surface area contributed by atoms with Gasteiger partial charge in [0.2, 0.25) is 0 Å².